The minimum Gasteiger partial charge on any atom is -0.480 e. The number of amides is 1. The number of aliphatic carboxylic acids is 1. The monoisotopic (exact) mass is 299 g/mol. The van der Waals surface area contributed by atoms with Gasteiger partial charge in [-0.2, -0.15) is 5.10 Å². The smallest absolute Gasteiger partial charge is 0.326 e. The van der Waals surface area contributed by atoms with Crippen LogP contribution in [0.4, 0.5) is 0 Å². The van der Waals surface area contributed by atoms with Crippen molar-refractivity contribution < 1.29 is 14.7 Å². The van der Waals surface area contributed by atoms with Crippen LogP contribution in [0.15, 0.2) is 42.7 Å². The van der Waals surface area contributed by atoms with Crippen molar-refractivity contribution in [2.75, 3.05) is 6.54 Å². The van der Waals surface area contributed by atoms with Crippen molar-refractivity contribution >= 4 is 11.9 Å². The lowest BCUT2D eigenvalue weighted by Crippen LogP contribution is -2.41. The molecule has 1 aromatic carbocycles. The van der Waals surface area contributed by atoms with Crippen LogP contribution in [0, 0.1) is 0 Å². The van der Waals surface area contributed by atoms with Crippen molar-refractivity contribution in [2.24, 2.45) is 0 Å². The van der Waals surface area contributed by atoms with E-state index in [0.717, 1.165) is 17.7 Å². The SMILES string of the molecule is O=C(O)[C@@H]1CCCN1C(=O)Cc1ccc(-n2cccn2)cc1. The van der Waals surface area contributed by atoms with Crippen LogP contribution in [-0.2, 0) is 16.0 Å². The van der Waals surface area contributed by atoms with Gasteiger partial charge in [-0.05, 0) is 36.6 Å². The maximum atomic E-state index is 12.3. The molecule has 114 valence electrons. The molecule has 0 aliphatic carbocycles. The predicted molar refractivity (Wildman–Crippen MR) is 79.6 cm³/mol. The highest BCUT2D eigenvalue weighted by atomic mass is 16.4. The molecule has 1 amide bonds. The Morgan fingerprint density at radius 2 is 2.05 bits per heavy atom. The van der Waals surface area contributed by atoms with Gasteiger partial charge in [0.25, 0.3) is 0 Å². The summed E-state index contributed by atoms with van der Waals surface area (Å²) in [5.41, 5.74) is 1.79. The van der Waals surface area contributed by atoms with E-state index in [1.165, 1.54) is 4.90 Å². The fraction of sp³-hybridized carbons (Fsp3) is 0.312. The number of likely N-dealkylation sites (tertiary alicyclic amines) is 1. The number of rotatable bonds is 4. The molecule has 0 spiro atoms. The van der Waals surface area contributed by atoms with Gasteiger partial charge in [0.05, 0.1) is 12.1 Å². The normalized spacial score (nSPS) is 17.6. The number of carbonyl (C=O) groups is 2. The summed E-state index contributed by atoms with van der Waals surface area (Å²) in [5.74, 6) is -1.04. The van der Waals surface area contributed by atoms with Crippen LogP contribution in [0.25, 0.3) is 5.69 Å². The minimum absolute atomic E-state index is 0.128. The molecule has 1 aromatic heterocycles. The Kier molecular flexibility index (Phi) is 3.91. The lowest BCUT2D eigenvalue weighted by atomic mass is 10.1. The second kappa shape index (κ2) is 6.01. The molecule has 6 nitrogen and oxygen atoms in total. The summed E-state index contributed by atoms with van der Waals surface area (Å²) >= 11 is 0. The lowest BCUT2D eigenvalue weighted by Gasteiger charge is -2.21. The Labute approximate surface area is 128 Å². The number of hydrogen-bond donors (Lipinski definition) is 1. The summed E-state index contributed by atoms with van der Waals surface area (Å²) in [4.78, 5) is 24.9. The standard InChI is InChI=1S/C16H17N3O3/c20-15(18-9-1-3-14(18)16(21)22)11-12-4-6-13(7-5-12)19-10-2-8-17-19/h2,4-8,10,14H,1,3,9,11H2,(H,21,22)/t14-/m0/s1. The van der Waals surface area contributed by atoms with Gasteiger partial charge in [0, 0.05) is 18.9 Å². The number of hydrogen-bond acceptors (Lipinski definition) is 3. The van der Waals surface area contributed by atoms with Crippen LogP contribution in [0.1, 0.15) is 18.4 Å². The number of carboxylic acid groups (broad SMARTS) is 1. The average Bonchev–Trinajstić information content (AvgIpc) is 3.19. The van der Waals surface area contributed by atoms with E-state index in [4.69, 9.17) is 5.11 Å². The summed E-state index contributed by atoms with van der Waals surface area (Å²) in [6.07, 6.45) is 5.07. The summed E-state index contributed by atoms with van der Waals surface area (Å²) in [6, 6.07) is 8.72. The van der Waals surface area contributed by atoms with E-state index in [9.17, 15) is 9.59 Å². The van der Waals surface area contributed by atoms with E-state index < -0.39 is 12.0 Å². The molecular weight excluding hydrogens is 282 g/mol. The number of benzene rings is 1. The molecule has 1 fully saturated rings. The zero-order valence-electron chi connectivity index (χ0n) is 12.1. The molecule has 0 saturated carbocycles. The van der Waals surface area contributed by atoms with Crippen LogP contribution >= 0.6 is 0 Å². The zero-order chi connectivity index (χ0) is 15.5. The van der Waals surface area contributed by atoms with E-state index in [1.54, 1.807) is 10.9 Å². The van der Waals surface area contributed by atoms with Gasteiger partial charge in [-0.15, -0.1) is 0 Å². The molecule has 0 radical (unpaired) electrons. The number of carbonyl (C=O) groups excluding carboxylic acids is 1. The molecule has 22 heavy (non-hydrogen) atoms. The van der Waals surface area contributed by atoms with Crippen molar-refractivity contribution in [3.63, 3.8) is 0 Å². The van der Waals surface area contributed by atoms with Gasteiger partial charge in [-0.1, -0.05) is 12.1 Å². The number of aromatic nitrogens is 2. The highest BCUT2D eigenvalue weighted by Gasteiger charge is 2.33. The van der Waals surface area contributed by atoms with E-state index in [1.807, 2.05) is 36.5 Å². The van der Waals surface area contributed by atoms with Crippen LogP contribution in [-0.4, -0.2) is 44.3 Å². The topological polar surface area (TPSA) is 75.4 Å². The second-order valence-corrected chi connectivity index (χ2v) is 5.38. The summed E-state index contributed by atoms with van der Waals surface area (Å²) < 4.78 is 1.74. The van der Waals surface area contributed by atoms with Gasteiger partial charge in [0.1, 0.15) is 6.04 Å². The molecule has 1 N–H and O–H groups in total. The van der Waals surface area contributed by atoms with Gasteiger partial charge < -0.3 is 10.0 Å². The Hall–Kier alpha value is -2.63. The summed E-state index contributed by atoms with van der Waals surface area (Å²) in [5, 5.41) is 13.3. The minimum atomic E-state index is -0.917. The fourth-order valence-electron chi connectivity index (χ4n) is 2.79. The van der Waals surface area contributed by atoms with Crippen LogP contribution in [0.2, 0.25) is 0 Å². The van der Waals surface area contributed by atoms with Crippen molar-refractivity contribution in [2.45, 2.75) is 25.3 Å². The zero-order valence-corrected chi connectivity index (χ0v) is 12.1. The third kappa shape index (κ3) is 2.86. The predicted octanol–water partition coefficient (Wildman–Crippen LogP) is 1.49. The van der Waals surface area contributed by atoms with Crippen LogP contribution < -0.4 is 0 Å². The Bertz CT molecular complexity index is 664. The first-order valence-corrected chi connectivity index (χ1v) is 7.26. The van der Waals surface area contributed by atoms with E-state index in [0.29, 0.717) is 13.0 Å². The van der Waals surface area contributed by atoms with Gasteiger partial charge in [-0.3, -0.25) is 4.79 Å². The van der Waals surface area contributed by atoms with Crippen LogP contribution in [0.3, 0.4) is 0 Å². The van der Waals surface area contributed by atoms with Crippen molar-refractivity contribution in [3.05, 3.63) is 48.3 Å². The third-order valence-corrected chi connectivity index (χ3v) is 3.92. The first-order chi connectivity index (χ1) is 10.6. The fourth-order valence-corrected chi connectivity index (χ4v) is 2.79. The maximum Gasteiger partial charge on any atom is 0.326 e. The van der Waals surface area contributed by atoms with Crippen molar-refractivity contribution in [1.82, 2.24) is 14.7 Å². The third-order valence-electron chi connectivity index (χ3n) is 3.92. The van der Waals surface area contributed by atoms with Gasteiger partial charge in [-0.25, -0.2) is 9.48 Å². The highest BCUT2D eigenvalue weighted by Crippen LogP contribution is 2.19. The first kappa shape index (κ1) is 14.3. The van der Waals surface area contributed by atoms with Gasteiger partial charge in [0.15, 0.2) is 0 Å². The molecule has 2 heterocycles. The van der Waals surface area contributed by atoms with E-state index in [-0.39, 0.29) is 12.3 Å². The molecule has 3 rings (SSSR count). The molecule has 0 unspecified atom stereocenters. The first-order valence-electron chi connectivity index (χ1n) is 7.26. The number of carboxylic acids is 1. The molecular formula is C16H17N3O3. The van der Waals surface area contributed by atoms with Crippen LogP contribution in [0.5, 0.6) is 0 Å². The van der Waals surface area contributed by atoms with Crippen molar-refractivity contribution in [1.29, 1.82) is 0 Å². The summed E-state index contributed by atoms with van der Waals surface area (Å²) in [6.45, 7) is 0.529. The quantitative estimate of drug-likeness (QED) is 0.928. The molecule has 2 aromatic rings. The Morgan fingerprint density at radius 1 is 1.27 bits per heavy atom. The van der Waals surface area contributed by atoms with E-state index in [2.05, 4.69) is 5.10 Å². The van der Waals surface area contributed by atoms with Crippen molar-refractivity contribution in [3.8, 4) is 5.69 Å². The molecule has 1 aliphatic rings. The van der Waals surface area contributed by atoms with Gasteiger partial charge in [0.2, 0.25) is 5.91 Å². The average molecular weight is 299 g/mol. The van der Waals surface area contributed by atoms with Gasteiger partial charge >= 0.3 is 5.97 Å². The molecule has 1 aliphatic heterocycles. The number of nitrogens with zero attached hydrogens (tertiary/aromatic N) is 3. The molecule has 0 bridgehead atoms. The summed E-state index contributed by atoms with van der Waals surface area (Å²) in [7, 11) is 0. The van der Waals surface area contributed by atoms with E-state index >= 15 is 0 Å². The Balaban J connectivity index is 1.68. The molecule has 1 atom stereocenters. The highest BCUT2D eigenvalue weighted by molar-refractivity contribution is 5.85. The largest absolute Gasteiger partial charge is 0.480 e. The molecule has 1 saturated heterocycles. The Morgan fingerprint density at radius 3 is 2.68 bits per heavy atom. The maximum absolute atomic E-state index is 12.3. The lowest BCUT2D eigenvalue weighted by molar-refractivity contribution is -0.148. The molecule has 6 heteroatoms. The second-order valence-electron chi connectivity index (χ2n) is 5.38.